The van der Waals surface area contributed by atoms with E-state index in [9.17, 15) is 27.6 Å². The molecule has 56 heavy (non-hydrogen) atoms. The van der Waals surface area contributed by atoms with E-state index >= 15 is 0 Å². The summed E-state index contributed by atoms with van der Waals surface area (Å²) in [6, 6.07) is 3.21. The smallest absolute Gasteiger partial charge is 0.408 e. The summed E-state index contributed by atoms with van der Waals surface area (Å²) < 4.78 is 45.7. The minimum Gasteiger partial charge on any atom is -0.497 e. The zero-order valence-corrected chi connectivity index (χ0v) is 33.5. The van der Waals surface area contributed by atoms with Gasteiger partial charge in [0.2, 0.25) is 27.7 Å². The summed E-state index contributed by atoms with van der Waals surface area (Å²) in [5, 5.41) is 5.03. The van der Waals surface area contributed by atoms with Crippen molar-refractivity contribution in [1.29, 1.82) is 0 Å². The minimum atomic E-state index is -3.90. The Labute approximate surface area is 328 Å². The number of benzene rings is 1. The van der Waals surface area contributed by atoms with Crippen molar-refractivity contribution in [3.05, 3.63) is 36.5 Å². The van der Waals surface area contributed by atoms with Crippen molar-refractivity contribution in [3.63, 3.8) is 0 Å². The number of ether oxygens (including phenoxy) is 3. The summed E-state index contributed by atoms with van der Waals surface area (Å²) in [5.41, 5.74) is -0.452. The Morgan fingerprint density at radius 1 is 1.04 bits per heavy atom. The van der Waals surface area contributed by atoms with E-state index in [0.717, 1.165) is 44.9 Å². The van der Waals surface area contributed by atoms with Gasteiger partial charge < -0.3 is 29.7 Å². The molecule has 3 heterocycles. The van der Waals surface area contributed by atoms with E-state index in [-0.39, 0.29) is 31.4 Å². The maximum atomic E-state index is 14.7. The standard InChI is InChI=1S/C40H54N6O9S/c1-6-24-21-40(24,37(49)45-56(51,52)27-16-17-27)44-34(47)31-20-26-22-46(31)36(48)33(39(2,3)4)43-38(50)55-32-14-10-12-23(32)11-8-7-9-13-29-35(54-26)42-30-19-25(53-5)15-18-28(30)41-29/h6,15,18-19,23-24,26-27,31-33H,1,7-14,16-17,20-22H2,2-5H3,(H,43,50)(H,44,47)(H,45,49)/t23-,24-,26-,31+,32-,33-,40?/m1/s1. The SMILES string of the molecule is C=C[C@@H]1CC1(NC(=O)[C@@H]1C[C@@H]2CN1C(=O)[C@H](C(C)(C)C)NC(=O)O[C@@H]1CCC[C@H]1CCCCCc1nc3ccc(OC)cc3nc1O2)C(=O)NS(=O)(=O)C1CC1. The largest absolute Gasteiger partial charge is 0.497 e. The maximum Gasteiger partial charge on any atom is 0.408 e. The van der Waals surface area contributed by atoms with E-state index in [4.69, 9.17) is 24.2 Å². The fourth-order valence-corrected chi connectivity index (χ4v) is 9.82. The van der Waals surface area contributed by atoms with Crippen LogP contribution in [0.2, 0.25) is 0 Å². The number of carbonyl (C=O) groups excluding carboxylic acids is 4. The quantitative estimate of drug-likeness (QED) is 0.342. The lowest BCUT2D eigenvalue weighted by molar-refractivity contribution is -0.143. The molecule has 304 valence electrons. The van der Waals surface area contributed by atoms with Gasteiger partial charge in [0.25, 0.3) is 5.91 Å². The number of nitrogens with one attached hydrogen (secondary N) is 3. The lowest BCUT2D eigenvalue weighted by atomic mass is 9.85. The Morgan fingerprint density at radius 2 is 1.80 bits per heavy atom. The second kappa shape index (κ2) is 15.5. The predicted molar refractivity (Wildman–Crippen MR) is 206 cm³/mol. The molecule has 3 saturated carbocycles. The first-order chi connectivity index (χ1) is 26.6. The van der Waals surface area contributed by atoms with Crippen LogP contribution in [0.15, 0.2) is 30.9 Å². The number of amides is 4. The first-order valence-electron chi connectivity index (χ1n) is 19.9. The van der Waals surface area contributed by atoms with Gasteiger partial charge in [0.15, 0.2) is 0 Å². The van der Waals surface area contributed by atoms with Crippen molar-refractivity contribution in [1.82, 2.24) is 30.2 Å². The van der Waals surface area contributed by atoms with Crippen LogP contribution in [0.1, 0.15) is 97.1 Å². The lowest BCUT2D eigenvalue weighted by Gasteiger charge is -2.35. The number of aromatic nitrogens is 2. The second-order valence-corrected chi connectivity index (χ2v) is 19.1. The van der Waals surface area contributed by atoms with Gasteiger partial charge in [0.1, 0.15) is 41.3 Å². The van der Waals surface area contributed by atoms with Crippen LogP contribution in [0.4, 0.5) is 4.79 Å². The molecule has 7 rings (SSSR count). The van der Waals surface area contributed by atoms with Crippen molar-refractivity contribution in [2.75, 3.05) is 13.7 Å². The van der Waals surface area contributed by atoms with Crippen molar-refractivity contribution in [2.24, 2.45) is 17.3 Å². The molecule has 15 nitrogen and oxygen atoms in total. The predicted octanol–water partition coefficient (Wildman–Crippen LogP) is 4.08. The van der Waals surface area contributed by atoms with Gasteiger partial charge in [-0.2, -0.15) is 0 Å². The molecule has 1 saturated heterocycles. The van der Waals surface area contributed by atoms with Crippen LogP contribution >= 0.6 is 0 Å². The van der Waals surface area contributed by atoms with Gasteiger partial charge in [-0.05, 0) is 81.3 Å². The van der Waals surface area contributed by atoms with Gasteiger partial charge in [0, 0.05) is 18.4 Å². The number of aryl methyl sites for hydroxylation is 1. The first kappa shape index (κ1) is 39.8. The maximum absolute atomic E-state index is 14.7. The van der Waals surface area contributed by atoms with Crippen LogP contribution in [0.25, 0.3) is 11.0 Å². The van der Waals surface area contributed by atoms with E-state index < -0.39 is 74.1 Å². The third-order valence-corrected chi connectivity index (χ3v) is 13.8. The van der Waals surface area contributed by atoms with Crippen molar-refractivity contribution >= 4 is 44.9 Å². The average Bonchev–Trinajstić information content (AvgIpc) is 4.04. The molecular formula is C40H54N6O9S. The van der Waals surface area contributed by atoms with Gasteiger partial charge in [-0.3, -0.25) is 19.1 Å². The number of hydrogen-bond donors (Lipinski definition) is 3. The molecule has 7 atom stereocenters. The summed E-state index contributed by atoms with van der Waals surface area (Å²) in [7, 11) is -2.33. The highest BCUT2D eigenvalue weighted by Gasteiger charge is 2.62. The number of hydrogen-bond acceptors (Lipinski definition) is 11. The molecule has 1 aromatic heterocycles. The van der Waals surface area contributed by atoms with Gasteiger partial charge in [-0.25, -0.2) is 23.2 Å². The molecule has 3 N–H and O–H groups in total. The Morgan fingerprint density at radius 3 is 2.50 bits per heavy atom. The molecule has 3 aliphatic carbocycles. The number of rotatable bonds is 7. The second-order valence-electron chi connectivity index (χ2n) is 17.2. The molecule has 2 bridgehead atoms. The van der Waals surface area contributed by atoms with Crippen LogP contribution in [0.3, 0.4) is 0 Å². The fraction of sp³-hybridized carbons (Fsp3) is 0.650. The Hall–Kier alpha value is -4.47. The molecule has 1 aromatic carbocycles. The average molecular weight is 795 g/mol. The highest BCUT2D eigenvalue weighted by Crippen LogP contribution is 2.46. The molecule has 0 spiro atoms. The monoisotopic (exact) mass is 794 g/mol. The fourth-order valence-electron chi connectivity index (χ4n) is 8.46. The normalized spacial score (nSPS) is 30.0. The highest BCUT2D eigenvalue weighted by atomic mass is 32.2. The molecule has 4 amide bonds. The highest BCUT2D eigenvalue weighted by molar-refractivity contribution is 7.91. The van der Waals surface area contributed by atoms with Crippen LogP contribution in [0, 0.1) is 17.3 Å². The van der Waals surface area contributed by atoms with Crippen LogP contribution in [0.5, 0.6) is 11.6 Å². The zero-order valence-electron chi connectivity index (χ0n) is 32.7. The third-order valence-electron chi connectivity index (χ3n) is 12.0. The van der Waals surface area contributed by atoms with Crippen molar-refractivity contribution in [3.8, 4) is 11.6 Å². The van der Waals surface area contributed by atoms with E-state index in [1.54, 1.807) is 13.2 Å². The molecule has 2 aliphatic heterocycles. The molecule has 16 heteroatoms. The number of alkyl carbamates (subject to hydrolysis) is 1. The summed E-state index contributed by atoms with van der Waals surface area (Å²) in [6.45, 7) is 9.23. The van der Waals surface area contributed by atoms with E-state index in [1.807, 2.05) is 32.9 Å². The molecule has 0 radical (unpaired) electrons. The Balaban J connectivity index is 1.23. The summed E-state index contributed by atoms with van der Waals surface area (Å²) in [5.74, 6) is -1.42. The molecule has 1 unspecified atom stereocenters. The lowest BCUT2D eigenvalue weighted by Crippen LogP contribution is -2.60. The van der Waals surface area contributed by atoms with Gasteiger partial charge in [-0.1, -0.05) is 39.7 Å². The Kier molecular flexibility index (Phi) is 11.0. The first-order valence-corrected chi connectivity index (χ1v) is 21.5. The minimum absolute atomic E-state index is 0.0245. The third kappa shape index (κ3) is 8.30. The van der Waals surface area contributed by atoms with Crippen LogP contribution in [-0.2, 0) is 35.6 Å². The zero-order chi connectivity index (χ0) is 40.0. The molecule has 4 fully saturated rings. The molecular weight excluding hydrogens is 741 g/mol. The van der Waals surface area contributed by atoms with Gasteiger partial charge >= 0.3 is 6.09 Å². The van der Waals surface area contributed by atoms with Crippen molar-refractivity contribution < 1.29 is 41.8 Å². The number of methoxy groups -OCH3 is 1. The van der Waals surface area contributed by atoms with Gasteiger partial charge in [0.05, 0.1) is 29.9 Å². The Bertz CT molecular complexity index is 2000. The van der Waals surface area contributed by atoms with E-state index in [0.29, 0.717) is 47.6 Å². The van der Waals surface area contributed by atoms with E-state index in [2.05, 4.69) is 21.9 Å². The van der Waals surface area contributed by atoms with Crippen molar-refractivity contribution in [2.45, 2.75) is 133 Å². The molecule has 5 aliphatic rings. The topological polar surface area (TPSA) is 195 Å². The number of carbonyl (C=O) groups is 4. The number of fused-ring (bicyclic) bond motifs is 5. The van der Waals surface area contributed by atoms with Gasteiger partial charge in [-0.15, -0.1) is 6.58 Å². The summed E-state index contributed by atoms with van der Waals surface area (Å²) in [6.07, 6.45) is 7.81. The number of sulfonamides is 1. The summed E-state index contributed by atoms with van der Waals surface area (Å²) in [4.78, 5) is 67.4. The van der Waals surface area contributed by atoms with Crippen LogP contribution < -0.4 is 24.8 Å². The number of nitrogens with zero attached hydrogens (tertiary/aromatic N) is 3. The molecule has 2 aromatic rings. The van der Waals surface area contributed by atoms with Crippen LogP contribution in [-0.4, -0.2) is 95.8 Å². The van der Waals surface area contributed by atoms with E-state index in [1.165, 1.54) is 11.0 Å². The summed E-state index contributed by atoms with van der Waals surface area (Å²) >= 11 is 0.